The van der Waals surface area contributed by atoms with Crippen molar-refractivity contribution < 1.29 is 4.74 Å². The highest BCUT2D eigenvalue weighted by molar-refractivity contribution is 4.95. The minimum Gasteiger partial charge on any atom is -0.380 e. The summed E-state index contributed by atoms with van der Waals surface area (Å²) in [5.74, 6) is 3.75. The van der Waals surface area contributed by atoms with Crippen molar-refractivity contribution in [1.82, 2.24) is 0 Å². The molecule has 0 aromatic heterocycles. The van der Waals surface area contributed by atoms with Gasteiger partial charge in [-0.25, -0.2) is 0 Å². The number of nitrogens with two attached hydrogens (primary N) is 1. The third-order valence-corrected chi connectivity index (χ3v) is 5.24. The van der Waals surface area contributed by atoms with Gasteiger partial charge in [-0.2, -0.15) is 0 Å². The summed E-state index contributed by atoms with van der Waals surface area (Å²) in [6.07, 6.45) is 10.2. The first-order valence-corrected chi connectivity index (χ1v) is 7.06. The van der Waals surface area contributed by atoms with E-state index in [0.29, 0.717) is 12.1 Å². The van der Waals surface area contributed by atoms with Crippen molar-refractivity contribution in [3.8, 4) is 0 Å². The molecule has 5 unspecified atom stereocenters. The molecule has 0 amide bonds. The summed E-state index contributed by atoms with van der Waals surface area (Å²) >= 11 is 0. The van der Waals surface area contributed by atoms with Crippen LogP contribution in [0.5, 0.6) is 0 Å². The highest BCUT2D eigenvalue weighted by Gasteiger charge is 2.42. The molecule has 0 saturated heterocycles. The fraction of sp³-hybridized carbons (Fsp3) is 1.00. The van der Waals surface area contributed by atoms with Gasteiger partial charge in [-0.15, -0.1) is 0 Å². The lowest BCUT2D eigenvalue weighted by molar-refractivity contribution is 0.0521. The average molecular weight is 223 g/mol. The average Bonchev–Trinajstić information content (AvgIpc) is 2.89. The van der Waals surface area contributed by atoms with Gasteiger partial charge in [0, 0.05) is 13.2 Å². The van der Waals surface area contributed by atoms with Gasteiger partial charge in [0.2, 0.25) is 0 Å². The van der Waals surface area contributed by atoms with E-state index in [1.165, 1.54) is 44.9 Å². The van der Waals surface area contributed by atoms with Crippen molar-refractivity contribution in [1.29, 1.82) is 0 Å². The maximum Gasteiger partial charge on any atom is 0.0750 e. The molecule has 3 saturated carbocycles. The summed E-state index contributed by atoms with van der Waals surface area (Å²) in [6, 6.07) is 0.293. The molecule has 2 bridgehead atoms. The molecule has 2 heteroatoms. The summed E-state index contributed by atoms with van der Waals surface area (Å²) in [4.78, 5) is 0. The Morgan fingerprint density at radius 3 is 2.50 bits per heavy atom. The Balaban J connectivity index is 1.53. The van der Waals surface area contributed by atoms with Gasteiger partial charge in [0.1, 0.15) is 0 Å². The number of fused-ring (bicyclic) bond motifs is 2. The van der Waals surface area contributed by atoms with Gasteiger partial charge in [-0.05, 0) is 62.2 Å². The molecule has 0 heterocycles. The molecular formula is C14H25NO. The van der Waals surface area contributed by atoms with Gasteiger partial charge in [0.15, 0.2) is 0 Å². The van der Waals surface area contributed by atoms with Crippen molar-refractivity contribution in [3.63, 3.8) is 0 Å². The van der Waals surface area contributed by atoms with Crippen molar-refractivity contribution in [3.05, 3.63) is 0 Å². The molecule has 5 atom stereocenters. The summed E-state index contributed by atoms with van der Waals surface area (Å²) in [5, 5.41) is 0. The zero-order chi connectivity index (χ0) is 11.1. The van der Waals surface area contributed by atoms with Crippen molar-refractivity contribution in [2.75, 3.05) is 7.11 Å². The molecule has 0 spiro atoms. The van der Waals surface area contributed by atoms with E-state index in [-0.39, 0.29) is 0 Å². The minimum absolute atomic E-state index is 0.293. The van der Waals surface area contributed by atoms with Gasteiger partial charge in [-0.3, -0.25) is 0 Å². The minimum atomic E-state index is 0.293. The first kappa shape index (κ1) is 11.0. The maximum atomic E-state index is 6.36. The van der Waals surface area contributed by atoms with Crippen LogP contribution in [0.25, 0.3) is 0 Å². The first-order valence-electron chi connectivity index (χ1n) is 7.06. The predicted molar refractivity (Wildman–Crippen MR) is 65.1 cm³/mol. The summed E-state index contributed by atoms with van der Waals surface area (Å²) < 4.78 is 5.60. The van der Waals surface area contributed by atoms with Crippen LogP contribution in [0.2, 0.25) is 0 Å². The van der Waals surface area contributed by atoms with Crippen LogP contribution in [-0.2, 0) is 4.74 Å². The topological polar surface area (TPSA) is 35.2 Å². The maximum absolute atomic E-state index is 6.36. The predicted octanol–water partition coefficient (Wildman–Crippen LogP) is 2.57. The lowest BCUT2D eigenvalue weighted by Gasteiger charge is -2.29. The van der Waals surface area contributed by atoms with Crippen molar-refractivity contribution in [2.45, 2.75) is 57.1 Å². The number of ether oxygens (including phenoxy) is 1. The fourth-order valence-electron chi connectivity index (χ4n) is 4.29. The second kappa shape index (κ2) is 4.30. The van der Waals surface area contributed by atoms with Crippen LogP contribution in [0.3, 0.4) is 0 Å². The smallest absolute Gasteiger partial charge is 0.0750 e. The van der Waals surface area contributed by atoms with Gasteiger partial charge in [0.25, 0.3) is 0 Å². The molecule has 3 aliphatic carbocycles. The second-order valence-electron chi connectivity index (χ2n) is 6.37. The molecular weight excluding hydrogens is 198 g/mol. The normalized spacial score (nSPS) is 41.2. The van der Waals surface area contributed by atoms with E-state index in [2.05, 4.69) is 0 Å². The van der Waals surface area contributed by atoms with Crippen LogP contribution in [0.1, 0.15) is 44.9 Å². The molecule has 2 N–H and O–H groups in total. The molecule has 3 aliphatic rings. The highest BCUT2D eigenvalue weighted by Crippen LogP contribution is 2.50. The zero-order valence-electron chi connectivity index (χ0n) is 10.4. The Morgan fingerprint density at radius 2 is 2.00 bits per heavy atom. The molecule has 2 nitrogen and oxygen atoms in total. The summed E-state index contributed by atoms with van der Waals surface area (Å²) in [7, 11) is 1.84. The van der Waals surface area contributed by atoms with Gasteiger partial charge >= 0.3 is 0 Å². The Morgan fingerprint density at radius 1 is 1.19 bits per heavy atom. The molecule has 0 aromatic rings. The Hall–Kier alpha value is -0.0800. The molecule has 0 aromatic carbocycles. The number of hydrogen-bond acceptors (Lipinski definition) is 2. The van der Waals surface area contributed by atoms with Gasteiger partial charge in [-0.1, -0.05) is 6.42 Å². The first-order chi connectivity index (χ1) is 7.78. The zero-order valence-corrected chi connectivity index (χ0v) is 10.4. The van der Waals surface area contributed by atoms with Gasteiger partial charge < -0.3 is 10.5 Å². The van der Waals surface area contributed by atoms with E-state index in [0.717, 1.165) is 23.7 Å². The quantitative estimate of drug-likeness (QED) is 0.777. The van der Waals surface area contributed by atoms with E-state index in [1.807, 2.05) is 7.11 Å². The van der Waals surface area contributed by atoms with E-state index in [4.69, 9.17) is 10.5 Å². The molecule has 16 heavy (non-hydrogen) atoms. The van der Waals surface area contributed by atoms with Crippen LogP contribution >= 0.6 is 0 Å². The van der Waals surface area contributed by atoms with Crippen LogP contribution in [-0.4, -0.2) is 19.3 Å². The second-order valence-corrected chi connectivity index (χ2v) is 6.37. The van der Waals surface area contributed by atoms with E-state index in [1.54, 1.807) is 0 Å². The Bertz CT molecular complexity index is 251. The van der Waals surface area contributed by atoms with E-state index >= 15 is 0 Å². The fourth-order valence-corrected chi connectivity index (χ4v) is 4.29. The summed E-state index contributed by atoms with van der Waals surface area (Å²) in [6.45, 7) is 0. The molecule has 0 radical (unpaired) electrons. The standard InChI is InChI=1S/C14H25NO/c1-16-14(10-4-5-10)13(15)8-12-7-9-2-3-11(12)6-9/h9-14H,2-8,15H2,1H3. The lowest BCUT2D eigenvalue weighted by Crippen LogP contribution is -2.40. The SMILES string of the molecule is COC(C(N)CC1CC2CCC1C2)C1CC1. The number of rotatable bonds is 5. The number of methoxy groups -OCH3 is 1. The third-order valence-electron chi connectivity index (χ3n) is 5.24. The monoisotopic (exact) mass is 223 g/mol. The molecule has 92 valence electrons. The lowest BCUT2D eigenvalue weighted by atomic mass is 9.83. The van der Waals surface area contributed by atoms with E-state index < -0.39 is 0 Å². The van der Waals surface area contributed by atoms with Crippen molar-refractivity contribution >= 4 is 0 Å². The molecule has 3 rings (SSSR count). The highest BCUT2D eigenvalue weighted by atomic mass is 16.5. The third kappa shape index (κ3) is 2.02. The Labute approximate surface area is 98.9 Å². The largest absolute Gasteiger partial charge is 0.380 e. The van der Waals surface area contributed by atoms with Crippen LogP contribution in [0.15, 0.2) is 0 Å². The number of hydrogen-bond donors (Lipinski definition) is 1. The molecule has 0 aliphatic heterocycles. The van der Waals surface area contributed by atoms with E-state index in [9.17, 15) is 0 Å². The summed E-state index contributed by atoms with van der Waals surface area (Å²) in [5.41, 5.74) is 6.36. The van der Waals surface area contributed by atoms with Crippen molar-refractivity contribution in [2.24, 2.45) is 29.4 Å². The Kier molecular flexibility index (Phi) is 2.97. The van der Waals surface area contributed by atoms with Crippen LogP contribution in [0.4, 0.5) is 0 Å². The van der Waals surface area contributed by atoms with Crippen LogP contribution < -0.4 is 5.73 Å². The van der Waals surface area contributed by atoms with Crippen LogP contribution in [0, 0.1) is 23.7 Å². The molecule has 3 fully saturated rings. The van der Waals surface area contributed by atoms with Gasteiger partial charge in [0.05, 0.1) is 6.10 Å².